The maximum absolute atomic E-state index is 11.5. The Hall–Kier alpha value is -1.32. The van der Waals surface area contributed by atoms with Gasteiger partial charge in [0, 0.05) is 18.2 Å². The first-order valence-electron chi connectivity index (χ1n) is 5.49. The quantitative estimate of drug-likeness (QED) is 0.745. The molecule has 1 N–H and O–H groups in total. The summed E-state index contributed by atoms with van der Waals surface area (Å²) in [7, 11) is 0. The molecule has 4 heteroatoms. The van der Waals surface area contributed by atoms with Gasteiger partial charge in [0.15, 0.2) is 5.78 Å². The Morgan fingerprint density at radius 2 is 2.06 bits per heavy atom. The topological polar surface area (TPSA) is 55.4 Å². The number of alkyl carbamates (subject to hydrolysis) is 1. The van der Waals surface area contributed by atoms with Crippen LogP contribution in [0, 0.1) is 5.92 Å². The van der Waals surface area contributed by atoms with Crippen molar-refractivity contribution in [3.63, 3.8) is 0 Å². The van der Waals surface area contributed by atoms with E-state index in [1.807, 2.05) is 6.92 Å². The molecule has 0 aromatic heterocycles. The lowest BCUT2D eigenvalue weighted by molar-refractivity contribution is -0.115. The van der Waals surface area contributed by atoms with Gasteiger partial charge in [-0.2, -0.15) is 0 Å². The standard InChI is InChI=1S/C12H19NO3/c1-8-5-9(7-10(14)6-8)13-11(15)16-12(2,3)4/h7-8H,5-6H2,1-4H3,(H,13,15). The van der Waals surface area contributed by atoms with Crippen LogP contribution in [0.15, 0.2) is 11.8 Å². The molecule has 0 spiro atoms. The number of carbonyl (C=O) groups excluding carboxylic acids is 2. The monoisotopic (exact) mass is 225 g/mol. The maximum Gasteiger partial charge on any atom is 0.411 e. The minimum atomic E-state index is -0.519. The summed E-state index contributed by atoms with van der Waals surface area (Å²) < 4.78 is 5.11. The molecule has 1 unspecified atom stereocenters. The molecule has 1 amide bonds. The van der Waals surface area contributed by atoms with E-state index in [4.69, 9.17) is 4.74 Å². The minimum absolute atomic E-state index is 0.0600. The number of hydrogen-bond acceptors (Lipinski definition) is 3. The molecular weight excluding hydrogens is 206 g/mol. The number of amides is 1. The molecule has 0 aromatic carbocycles. The van der Waals surface area contributed by atoms with Crippen molar-refractivity contribution in [3.05, 3.63) is 11.8 Å². The molecule has 90 valence electrons. The minimum Gasteiger partial charge on any atom is -0.444 e. The molecule has 1 rings (SSSR count). The van der Waals surface area contributed by atoms with Gasteiger partial charge in [0.05, 0.1) is 0 Å². The van der Waals surface area contributed by atoms with Crippen molar-refractivity contribution in [2.75, 3.05) is 0 Å². The molecule has 1 aliphatic carbocycles. The van der Waals surface area contributed by atoms with E-state index >= 15 is 0 Å². The van der Waals surface area contributed by atoms with Gasteiger partial charge in [-0.3, -0.25) is 10.1 Å². The lowest BCUT2D eigenvalue weighted by Crippen LogP contribution is -2.33. The lowest BCUT2D eigenvalue weighted by atomic mass is 9.93. The molecule has 16 heavy (non-hydrogen) atoms. The SMILES string of the molecule is CC1CC(=O)C=C(NC(=O)OC(C)(C)C)C1. The largest absolute Gasteiger partial charge is 0.444 e. The third-order valence-corrected chi connectivity index (χ3v) is 2.11. The molecular formula is C12H19NO3. The highest BCUT2D eigenvalue weighted by Crippen LogP contribution is 2.20. The van der Waals surface area contributed by atoms with E-state index in [1.54, 1.807) is 20.8 Å². The maximum atomic E-state index is 11.5. The van der Waals surface area contributed by atoms with Crippen LogP contribution in [0.2, 0.25) is 0 Å². The summed E-state index contributed by atoms with van der Waals surface area (Å²) in [5.41, 5.74) is 0.132. The van der Waals surface area contributed by atoms with Crippen LogP contribution in [0.5, 0.6) is 0 Å². The Balaban J connectivity index is 2.54. The van der Waals surface area contributed by atoms with Gasteiger partial charge in [-0.25, -0.2) is 4.79 Å². The fourth-order valence-electron chi connectivity index (χ4n) is 1.63. The second kappa shape index (κ2) is 4.68. The predicted octanol–water partition coefficient (Wildman–Crippen LogP) is 2.39. The first-order valence-corrected chi connectivity index (χ1v) is 5.49. The van der Waals surface area contributed by atoms with Crippen molar-refractivity contribution >= 4 is 11.9 Å². The normalized spacial score (nSPS) is 21.4. The Bertz CT molecular complexity index is 326. The number of allylic oxidation sites excluding steroid dienone is 2. The third-order valence-electron chi connectivity index (χ3n) is 2.11. The van der Waals surface area contributed by atoms with E-state index in [0.29, 0.717) is 18.5 Å². The van der Waals surface area contributed by atoms with Crippen LogP contribution in [0.3, 0.4) is 0 Å². The van der Waals surface area contributed by atoms with Crippen molar-refractivity contribution in [2.45, 2.75) is 46.1 Å². The Kier molecular flexibility index (Phi) is 3.73. The zero-order valence-electron chi connectivity index (χ0n) is 10.3. The second-order valence-corrected chi connectivity index (χ2v) is 5.28. The first kappa shape index (κ1) is 12.7. The average molecular weight is 225 g/mol. The first-order chi connectivity index (χ1) is 7.26. The summed E-state index contributed by atoms with van der Waals surface area (Å²) in [5.74, 6) is 0.340. The van der Waals surface area contributed by atoms with Crippen molar-refractivity contribution < 1.29 is 14.3 Å². The van der Waals surface area contributed by atoms with Gasteiger partial charge in [0.25, 0.3) is 0 Å². The van der Waals surface area contributed by atoms with Gasteiger partial charge in [0.1, 0.15) is 5.60 Å². The molecule has 0 radical (unpaired) electrons. The van der Waals surface area contributed by atoms with Crippen LogP contribution in [0.25, 0.3) is 0 Å². The number of ketones is 1. The molecule has 1 aliphatic rings. The van der Waals surface area contributed by atoms with Crippen LogP contribution in [0.1, 0.15) is 40.5 Å². The summed E-state index contributed by atoms with van der Waals surface area (Å²) in [5, 5.41) is 2.62. The fraction of sp³-hybridized carbons (Fsp3) is 0.667. The van der Waals surface area contributed by atoms with Crippen molar-refractivity contribution in [1.82, 2.24) is 5.32 Å². The Morgan fingerprint density at radius 3 is 2.56 bits per heavy atom. The molecule has 1 atom stereocenters. The molecule has 0 aliphatic heterocycles. The molecule has 0 aromatic rings. The van der Waals surface area contributed by atoms with E-state index in [9.17, 15) is 9.59 Å². The Labute approximate surface area is 96.0 Å². The van der Waals surface area contributed by atoms with E-state index in [-0.39, 0.29) is 11.7 Å². The van der Waals surface area contributed by atoms with Gasteiger partial charge in [-0.15, -0.1) is 0 Å². The van der Waals surface area contributed by atoms with E-state index in [0.717, 1.165) is 0 Å². The predicted molar refractivity (Wildman–Crippen MR) is 60.9 cm³/mol. The lowest BCUT2D eigenvalue weighted by Gasteiger charge is -2.22. The number of ether oxygens (including phenoxy) is 1. The average Bonchev–Trinajstić information content (AvgIpc) is 1.96. The molecule has 0 bridgehead atoms. The molecule has 0 saturated heterocycles. The van der Waals surface area contributed by atoms with Crippen LogP contribution in [-0.2, 0) is 9.53 Å². The molecule has 0 fully saturated rings. The van der Waals surface area contributed by atoms with Crippen molar-refractivity contribution in [1.29, 1.82) is 0 Å². The van der Waals surface area contributed by atoms with E-state index < -0.39 is 11.7 Å². The summed E-state index contributed by atoms with van der Waals surface area (Å²) in [4.78, 5) is 22.7. The van der Waals surface area contributed by atoms with Crippen LogP contribution < -0.4 is 5.32 Å². The van der Waals surface area contributed by atoms with Crippen molar-refractivity contribution in [3.8, 4) is 0 Å². The van der Waals surface area contributed by atoms with Crippen molar-refractivity contribution in [2.24, 2.45) is 5.92 Å². The second-order valence-electron chi connectivity index (χ2n) is 5.28. The number of nitrogens with one attached hydrogen (secondary N) is 1. The number of carbonyl (C=O) groups is 2. The van der Waals surface area contributed by atoms with Gasteiger partial charge >= 0.3 is 6.09 Å². The smallest absolute Gasteiger partial charge is 0.411 e. The number of rotatable bonds is 1. The van der Waals surface area contributed by atoms with Crippen LogP contribution in [-0.4, -0.2) is 17.5 Å². The number of hydrogen-bond donors (Lipinski definition) is 1. The third kappa shape index (κ3) is 4.47. The molecule has 0 saturated carbocycles. The zero-order chi connectivity index (χ0) is 12.3. The molecule has 0 heterocycles. The van der Waals surface area contributed by atoms with Gasteiger partial charge in [0.2, 0.25) is 0 Å². The highest BCUT2D eigenvalue weighted by atomic mass is 16.6. The van der Waals surface area contributed by atoms with Gasteiger partial charge in [-0.05, 0) is 33.1 Å². The van der Waals surface area contributed by atoms with Crippen LogP contribution >= 0.6 is 0 Å². The Morgan fingerprint density at radius 1 is 1.44 bits per heavy atom. The highest BCUT2D eigenvalue weighted by molar-refractivity contribution is 5.92. The van der Waals surface area contributed by atoms with E-state index in [1.165, 1.54) is 6.08 Å². The fourth-order valence-corrected chi connectivity index (χ4v) is 1.63. The highest BCUT2D eigenvalue weighted by Gasteiger charge is 2.21. The van der Waals surface area contributed by atoms with Gasteiger partial charge < -0.3 is 4.74 Å². The summed E-state index contributed by atoms with van der Waals surface area (Å²) >= 11 is 0. The summed E-state index contributed by atoms with van der Waals surface area (Å²) in [6, 6.07) is 0. The summed E-state index contributed by atoms with van der Waals surface area (Å²) in [6.45, 7) is 7.39. The summed E-state index contributed by atoms with van der Waals surface area (Å²) in [6.07, 6.45) is 2.26. The van der Waals surface area contributed by atoms with E-state index in [2.05, 4.69) is 5.32 Å². The zero-order valence-corrected chi connectivity index (χ0v) is 10.3. The van der Waals surface area contributed by atoms with Crippen LogP contribution in [0.4, 0.5) is 4.79 Å². The molecule has 4 nitrogen and oxygen atoms in total. The van der Waals surface area contributed by atoms with Gasteiger partial charge in [-0.1, -0.05) is 6.92 Å².